The first-order chi connectivity index (χ1) is 13.4. The van der Waals surface area contributed by atoms with Gasteiger partial charge in [0.15, 0.2) is 6.61 Å². The van der Waals surface area contributed by atoms with Crippen LogP contribution in [0, 0.1) is 17.0 Å². The molecule has 0 saturated carbocycles. The van der Waals surface area contributed by atoms with Gasteiger partial charge in [-0.1, -0.05) is 12.1 Å². The van der Waals surface area contributed by atoms with Crippen molar-refractivity contribution in [3.63, 3.8) is 0 Å². The first kappa shape index (κ1) is 18.8. The van der Waals surface area contributed by atoms with Gasteiger partial charge in [0.1, 0.15) is 11.6 Å². The monoisotopic (exact) mass is 380 g/mol. The van der Waals surface area contributed by atoms with E-state index in [1.54, 1.807) is 31.2 Å². The molecule has 0 bridgehead atoms. The Bertz CT molecular complexity index is 1080. The summed E-state index contributed by atoms with van der Waals surface area (Å²) in [5.74, 6) is 0.348. The van der Waals surface area contributed by atoms with Crippen molar-refractivity contribution in [2.75, 3.05) is 11.9 Å². The second-order valence-electron chi connectivity index (χ2n) is 5.90. The number of ether oxygens (including phenoxy) is 1. The smallest absolute Gasteiger partial charge is 0.269 e. The molecule has 2 N–H and O–H groups in total. The van der Waals surface area contributed by atoms with Crippen molar-refractivity contribution in [3.8, 4) is 17.1 Å². The summed E-state index contributed by atoms with van der Waals surface area (Å²) in [4.78, 5) is 40.7. The van der Waals surface area contributed by atoms with Gasteiger partial charge in [0, 0.05) is 35.1 Å². The third-order valence-corrected chi connectivity index (χ3v) is 3.71. The van der Waals surface area contributed by atoms with Crippen LogP contribution < -0.4 is 15.6 Å². The van der Waals surface area contributed by atoms with Crippen molar-refractivity contribution in [2.24, 2.45) is 0 Å². The van der Waals surface area contributed by atoms with E-state index in [2.05, 4.69) is 15.3 Å². The fourth-order valence-corrected chi connectivity index (χ4v) is 2.47. The Morgan fingerprint density at radius 1 is 1.21 bits per heavy atom. The third-order valence-electron chi connectivity index (χ3n) is 3.71. The van der Waals surface area contributed by atoms with E-state index < -0.39 is 10.8 Å². The van der Waals surface area contributed by atoms with Crippen molar-refractivity contribution in [3.05, 3.63) is 80.8 Å². The number of amides is 1. The normalized spacial score (nSPS) is 10.3. The highest BCUT2D eigenvalue weighted by molar-refractivity contribution is 5.92. The summed E-state index contributed by atoms with van der Waals surface area (Å²) in [6, 6.07) is 13.7. The van der Waals surface area contributed by atoms with Gasteiger partial charge < -0.3 is 15.0 Å². The van der Waals surface area contributed by atoms with E-state index in [1.165, 1.54) is 30.3 Å². The lowest BCUT2D eigenvalue weighted by molar-refractivity contribution is -0.384. The minimum absolute atomic E-state index is 0.0589. The standard InChI is InChI=1S/C19H16N4O5/c1-12-9-17(24)22-19(20-12)13-3-2-4-14(10-13)21-18(25)11-28-16-7-5-15(6-8-16)23(26)27/h2-10H,11H2,1H3,(H,21,25)(H,20,22,24). The summed E-state index contributed by atoms with van der Waals surface area (Å²) in [5.41, 5.74) is 1.43. The molecule has 28 heavy (non-hydrogen) atoms. The van der Waals surface area contributed by atoms with Crippen molar-refractivity contribution in [1.82, 2.24) is 9.97 Å². The minimum atomic E-state index is -0.514. The van der Waals surface area contributed by atoms with Gasteiger partial charge in [-0.05, 0) is 31.2 Å². The Hall–Kier alpha value is -4.01. The number of aryl methyl sites for hydroxylation is 1. The molecule has 3 rings (SSSR count). The Morgan fingerprint density at radius 3 is 2.64 bits per heavy atom. The molecule has 0 aliphatic rings. The average molecular weight is 380 g/mol. The van der Waals surface area contributed by atoms with Crippen LogP contribution in [0.15, 0.2) is 59.4 Å². The van der Waals surface area contributed by atoms with Gasteiger partial charge >= 0.3 is 0 Å². The second-order valence-corrected chi connectivity index (χ2v) is 5.90. The summed E-state index contributed by atoms with van der Waals surface area (Å²) in [6.07, 6.45) is 0. The Morgan fingerprint density at radius 2 is 1.96 bits per heavy atom. The molecule has 0 unspecified atom stereocenters. The number of hydrogen-bond donors (Lipinski definition) is 2. The largest absolute Gasteiger partial charge is 0.484 e. The van der Waals surface area contributed by atoms with Gasteiger partial charge in [-0.25, -0.2) is 4.98 Å². The zero-order chi connectivity index (χ0) is 20.1. The first-order valence-corrected chi connectivity index (χ1v) is 8.26. The van der Waals surface area contributed by atoms with Crippen molar-refractivity contribution < 1.29 is 14.5 Å². The van der Waals surface area contributed by atoms with Crippen molar-refractivity contribution in [2.45, 2.75) is 6.92 Å². The van der Waals surface area contributed by atoms with Gasteiger partial charge in [0.25, 0.3) is 17.2 Å². The predicted octanol–water partition coefficient (Wildman–Crippen LogP) is 2.67. The van der Waals surface area contributed by atoms with Gasteiger partial charge in [-0.3, -0.25) is 19.7 Å². The quantitative estimate of drug-likeness (QED) is 0.500. The highest BCUT2D eigenvalue weighted by atomic mass is 16.6. The molecule has 9 heteroatoms. The van der Waals surface area contributed by atoms with E-state index in [0.29, 0.717) is 28.5 Å². The van der Waals surface area contributed by atoms with E-state index in [9.17, 15) is 19.7 Å². The van der Waals surface area contributed by atoms with Crippen molar-refractivity contribution >= 4 is 17.3 Å². The minimum Gasteiger partial charge on any atom is -0.484 e. The average Bonchev–Trinajstić information content (AvgIpc) is 2.66. The number of aromatic nitrogens is 2. The molecule has 0 radical (unpaired) electrons. The van der Waals surface area contributed by atoms with Crippen molar-refractivity contribution in [1.29, 1.82) is 0 Å². The molecule has 1 heterocycles. The van der Waals surface area contributed by atoms with E-state index >= 15 is 0 Å². The number of nitro groups is 1. The topological polar surface area (TPSA) is 127 Å². The summed E-state index contributed by atoms with van der Waals surface area (Å²) >= 11 is 0. The molecule has 1 aromatic heterocycles. The second kappa shape index (κ2) is 8.12. The lowest BCUT2D eigenvalue weighted by atomic mass is 10.2. The lowest BCUT2D eigenvalue weighted by Gasteiger charge is -2.09. The van der Waals surface area contributed by atoms with E-state index in [1.807, 2.05) is 0 Å². The number of anilines is 1. The maximum absolute atomic E-state index is 12.1. The fraction of sp³-hybridized carbons (Fsp3) is 0.105. The molecule has 0 saturated heterocycles. The first-order valence-electron chi connectivity index (χ1n) is 8.26. The number of H-pyrrole nitrogens is 1. The van der Waals surface area contributed by atoms with Gasteiger partial charge in [-0.2, -0.15) is 0 Å². The SMILES string of the molecule is Cc1cc(=O)[nH]c(-c2cccc(NC(=O)COc3ccc([N+](=O)[O-])cc3)c2)n1. The van der Waals surface area contributed by atoms with Gasteiger partial charge in [-0.15, -0.1) is 0 Å². The number of carbonyl (C=O) groups excluding carboxylic acids is 1. The van der Waals surface area contributed by atoms with Crippen LogP contribution in [0.3, 0.4) is 0 Å². The summed E-state index contributed by atoms with van der Waals surface area (Å²) in [7, 11) is 0. The summed E-state index contributed by atoms with van der Waals surface area (Å²) in [5, 5.41) is 13.3. The number of nitrogens with zero attached hydrogens (tertiary/aromatic N) is 2. The molecule has 0 spiro atoms. The molecule has 1 amide bonds. The highest BCUT2D eigenvalue weighted by Crippen LogP contribution is 2.19. The molecule has 0 atom stereocenters. The number of carbonyl (C=O) groups is 1. The highest BCUT2D eigenvalue weighted by Gasteiger charge is 2.08. The Labute approximate surface area is 159 Å². The maximum atomic E-state index is 12.1. The number of nitrogens with one attached hydrogen (secondary N) is 2. The van der Waals surface area contributed by atoms with Gasteiger partial charge in [0.05, 0.1) is 4.92 Å². The zero-order valence-electron chi connectivity index (χ0n) is 14.8. The van der Waals surface area contributed by atoms with Crippen LogP contribution in [0.5, 0.6) is 5.75 Å². The molecule has 0 aliphatic carbocycles. The van der Waals surface area contributed by atoms with Crippen LogP contribution in [0.4, 0.5) is 11.4 Å². The number of rotatable bonds is 6. The molecular weight excluding hydrogens is 364 g/mol. The Kier molecular flexibility index (Phi) is 5.45. The third kappa shape index (κ3) is 4.79. The van der Waals surface area contributed by atoms with Crippen LogP contribution >= 0.6 is 0 Å². The number of hydrogen-bond acceptors (Lipinski definition) is 6. The molecule has 0 fully saturated rings. The summed E-state index contributed by atoms with van der Waals surface area (Å²) < 4.78 is 5.33. The molecular formula is C19H16N4O5. The molecule has 142 valence electrons. The van der Waals surface area contributed by atoms with Crippen LogP contribution in [-0.4, -0.2) is 27.4 Å². The fourth-order valence-electron chi connectivity index (χ4n) is 2.47. The molecule has 3 aromatic rings. The number of nitro benzene ring substituents is 1. The van der Waals surface area contributed by atoms with Crippen LogP contribution in [0.1, 0.15) is 5.69 Å². The van der Waals surface area contributed by atoms with Gasteiger partial charge in [0.2, 0.25) is 0 Å². The Balaban J connectivity index is 1.64. The number of benzene rings is 2. The van der Waals surface area contributed by atoms with Crippen LogP contribution in [-0.2, 0) is 4.79 Å². The zero-order valence-corrected chi connectivity index (χ0v) is 14.8. The summed E-state index contributed by atoms with van der Waals surface area (Å²) in [6.45, 7) is 1.46. The predicted molar refractivity (Wildman–Crippen MR) is 102 cm³/mol. The van der Waals surface area contributed by atoms with Crippen LogP contribution in [0.2, 0.25) is 0 Å². The van der Waals surface area contributed by atoms with E-state index in [0.717, 1.165) is 0 Å². The lowest BCUT2D eigenvalue weighted by Crippen LogP contribution is -2.20. The van der Waals surface area contributed by atoms with E-state index in [4.69, 9.17) is 4.74 Å². The molecule has 2 aromatic carbocycles. The number of aromatic amines is 1. The number of non-ortho nitro benzene ring substituents is 1. The maximum Gasteiger partial charge on any atom is 0.269 e. The van der Waals surface area contributed by atoms with Crippen LogP contribution in [0.25, 0.3) is 11.4 Å². The molecule has 0 aliphatic heterocycles. The van der Waals surface area contributed by atoms with E-state index in [-0.39, 0.29) is 17.9 Å². The molecule has 9 nitrogen and oxygen atoms in total.